The van der Waals surface area contributed by atoms with Crippen LogP contribution in [0.2, 0.25) is 0 Å². The van der Waals surface area contributed by atoms with Gasteiger partial charge in [0.2, 0.25) is 0 Å². The number of carbonyl (C=O) groups excluding carboxylic acids is 1. The molecule has 1 aromatic heterocycles. The summed E-state index contributed by atoms with van der Waals surface area (Å²) in [4.78, 5) is 18.5. The first-order valence-corrected chi connectivity index (χ1v) is 6.67. The standard InChI is InChI=1S/C16H16N4O/c1-12(2)19-9-8-15-18-14(10-20(15)11-19)16(21)17-13-6-4-3-5-7-13/h3-10H,1,11H2,2H3,(H,17,21). The summed E-state index contributed by atoms with van der Waals surface area (Å²) in [6, 6.07) is 9.34. The van der Waals surface area contributed by atoms with E-state index in [0.717, 1.165) is 17.2 Å². The Morgan fingerprint density at radius 3 is 2.81 bits per heavy atom. The molecule has 1 amide bonds. The highest BCUT2D eigenvalue weighted by Gasteiger charge is 2.17. The number of nitrogens with zero attached hydrogens (tertiary/aromatic N) is 3. The van der Waals surface area contributed by atoms with Gasteiger partial charge < -0.3 is 14.8 Å². The molecule has 1 N–H and O–H groups in total. The maximum Gasteiger partial charge on any atom is 0.275 e. The fourth-order valence-corrected chi connectivity index (χ4v) is 2.12. The van der Waals surface area contributed by atoms with E-state index in [0.29, 0.717) is 12.4 Å². The van der Waals surface area contributed by atoms with Crippen LogP contribution >= 0.6 is 0 Å². The minimum Gasteiger partial charge on any atom is -0.334 e. The molecule has 0 fully saturated rings. The van der Waals surface area contributed by atoms with Crippen LogP contribution in [0.5, 0.6) is 0 Å². The van der Waals surface area contributed by atoms with Crippen LogP contribution in [0.3, 0.4) is 0 Å². The summed E-state index contributed by atoms with van der Waals surface area (Å²) in [5.41, 5.74) is 2.11. The number of rotatable bonds is 3. The average molecular weight is 280 g/mol. The van der Waals surface area contributed by atoms with Crippen LogP contribution in [0.4, 0.5) is 5.69 Å². The molecule has 0 unspecified atom stereocenters. The first-order valence-electron chi connectivity index (χ1n) is 6.67. The van der Waals surface area contributed by atoms with Gasteiger partial charge in [-0.2, -0.15) is 0 Å². The van der Waals surface area contributed by atoms with Crippen molar-refractivity contribution < 1.29 is 4.79 Å². The largest absolute Gasteiger partial charge is 0.334 e. The fraction of sp³-hybridized carbons (Fsp3) is 0.125. The van der Waals surface area contributed by atoms with Gasteiger partial charge >= 0.3 is 0 Å². The van der Waals surface area contributed by atoms with Gasteiger partial charge in [0, 0.05) is 23.8 Å². The van der Waals surface area contributed by atoms with Crippen molar-refractivity contribution in [3.05, 3.63) is 66.5 Å². The van der Waals surface area contributed by atoms with E-state index >= 15 is 0 Å². The minimum atomic E-state index is -0.210. The second-order valence-electron chi connectivity index (χ2n) is 4.94. The third kappa shape index (κ3) is 2.72. The van der Waals surface area contributed by atoms with E-state index < -0.39 is 0 Å². The summed E-state index contributed by atoms with van der Waals surface area (Å²) in [7, 11) is 0. The molecule has 0 atom stereocenters. The Bertz CT molecular complexity index is 715. The van der Waals surface area contributed by atoms with Gasteiger partial charge in [0.25, 0.3) is 5.91 Å². The third-order valence-corrected chi connectivity index (χ3v) is 3.27. The van der Waals surface area contributed by atoms with Crippen molar-refractivity contribution in [2.75, 3.05) is 5.32 Å². The molecule has 0 bridgehead atoms. The lowest BCUT2D eigenvalue weighted by atomic mass is 10.3. The molecule has 0 aliphatic carbocycles. The van der Waals surface area contributed by atoms with Gasteiger partial charge in [-0.05, 0) is 25.1 Å². The van der Waals surface area contributed by atoms with E-state index in [4.69, 9.17) is 0 Å². The van der Waals surface area contributed by atoms with E-state index in [1.54, 1.807) is 6.20 Å². The lowest BCUT2D eigenvalue weighted by Gasteiger charge is -2.24. The lowest BCUT2D eigenvalue weighted by Crippen LogP contribution is -2.22. The van der Waals surface area contributed by atoms with E-state index in [-0.39, 0.29) is 5.91 Å². The zero-order valence-electron chi connectivity index (χ0n) is 11.8. The molecule has 0 radical (unpaired) electrons. The molecular weight excluding hydrogens is 264 g/mol. The normalized spacial score (nSPS) is 12.9. The van der Waals surface area contributed by atoms with Gasteiger partial charge in [0.05, 0.1) is 6.67 Å². The summed E-state index contributed by atoms with van der Waals surface area (Å²) in [5, 5.41) is 2.83. The molecule has 1 aliphatic heterocycles. The molecule has 2 aromatic rings. The van der Waals surface area contributed by atoms with E-state index in [1.807, 2.05) is 59.0 Å². The minimum absolute atomic E-state index is 0.210. The van der Waals surface area contributed by atoms with Crippen molar-refractivity contribution in [2.45, 2.75) is 13.6 Å². The van der Waals surface area contributed by atoms with Crippen molar-refractivity contribution in [3.8, 4) is 0 Å². The Labute approximate surface area is 123 Å². The Balaban J connectivity index is 1.78. The van der Waals surface area contributed by atoms with Crippen molar-refractivity contribution in [2.24, 2.45) is 0 Å². The van der Waals surface area contributed by atoms with Crippen LogP contribution in [0.25, 0.3) is 6.08 Å². The van der Waals surface area contributed by atoms with E-state index in [1.165, 1.54) is 0 Å². The highest BCUT2D eigenvalue weighted by atomic mass is 16.1. The van der Waals surface area contributed by atoms with Gasteiger partial charge in [0.1, 0.15) is 11.5 Å². The molecule has 1 aromatic carbocycles. The number of amides is 1. The topological polar surface area (TPSA) is 50.2 Å². The van der Waals surface area contributed by atoms with Crippen LogP contribution in [-0.2, 0) is 6.67 Å². The SMILES string of the molecule is C=C(C)N1C=Cc2nc(C(=O)Nc3ccccc3)cn2C1. The number of carbonyl (C=O) groups is 1. The van der Waals surface area contributed by atoms with Gasteiger partial charge in [-0.3, -0.25) is 4.79 Å². The highest BCUT2D eigenvalue weighted by molar-refractivity contribution is 6.02. The molecule has 2 heterocycles. The first kappa shape index (κ1) is 13.2. The molecule has 21 heavy (non-hydrogen) atoms. The molecule has 1 aliphatic rings. The molecule has 0 spiro atoms. The maximum absolute atomic E-state index is 12.2. The molecule has 3 rings (SSSR count). The predicted molar refractivity (Wildman–Crippen MR) is 82.3 cm³/mol. The fourth-order valence-electron chi connectivity index (χ4n) is 2.12. The monoisotopic (exact) mass is 280 g/mol. The molecule has 0 saturated heterocycles. The second-order valence-corrected chi connectivity index (χ2v) is 4.94. The van der Waals surface area contributed by atoms with Crippen LogP contribution in [0.15, 0.2) is 55.0 Å². The van der Waals surface area contributed by atoms with Crippen LogP contribution < -0.4 is 5.32 Å². The summed E-state index contributed by atoms with van der Waals surface area (Å²) in [6.45, 7) is 6.47. The van der Waals surface area contributed by atoms with Gasteiger partial charge in [-0.25, -0.2) is 4.98 Å². The summed E-state index contributed by atoms with van der Waals surface area (Å²) < 4.78 is 1.93. The van der Waals surface area contributed by atoms with Crippen LogP contribution in [-0.4, -0.2) is 20.4 Å². The van der Waals surface area contributed by atoms with Crippen molar-refractivity contribution in [1.29, 1.82) is 0 Å². The predicted octanol–water partition coefficient (Wildman–Crippen LogP) is 2.91. The Hall–Kier alpha value is -2.82. The number of para-hydroxylation sites is 1. The maximum atomic E-state index is 12.2. The van der Waals surface area contributed by atoms with Gasteiger partial charge in [-0.15, -0.1) is 0 Å². The molecule has 5 heteroatoms. The Kier molecular flexibility index (Phi) is 3.31. The summed E-state index contributed by atoms with van der Waals surface area (Å²) in [5.74, 6) is 0.559. The Morgan fingerprint density at radius 1 is 1.33 bits per heavy atom. The quantitative estimate of drug-likeness (QED) is 0.940. The average Bonchev–Trinajstić information content (AvgIpc) is 2.91. The number of aromatic nitrogens is 2. The summed E-state index contributed by atoms with van der Waals surface area (Å²) >= 11 is 0. The Morgan fingerprint density at radius 2 is 2.10 bits per heavy atom. The second kappa shape index (κ2) is 5.28. The molecule has 5 nitrogen and oxygen atoms in total. The van der Waals surface area contributed by atoms with E-state index in [9.17, 15) is 4.79 Å². The van der Waals surface area contributed by atoms with Gasteiger partial charge in [-0.1, -0.05) is 24.8 Å². The zero-order valence-corrected chi connectivity index (χ0v) is 11.8. The van der Waals surface area contributed by atoms with Crippen molar-refractivity contribution >= 4 is 17.7 Å². The molecule has 106 valence electrons. The number of benzene rings is 1. The molecule has 0 saturated carbocycles. The van der Waals surface area contributed by atoms with Crippen LogP contribution in [0, 0.1) is 0 Å². The van der Waals surface area contributed by atoms with Crippen LogP contribution in [0.1, 0.15) is 23.2 Å². The van der Waals surface area contributed by atoms with Gasteiger partial charge in [0.15, 0.2) is 0 Å². The first-order chi connectivity index (χ1) is 10.1. The third-order valence-electron chi connectivity index (χ3n) is 3.27. The number of nitrogens with one attached hydrogen (secondary N) is 1. The van der Waals surface area contributed by atoms with Crippen molar-refractivity contribution in [1.82, 2.24) is 14.5 Å². The van der Waals surface area contributed by atoms with Crippen molar-refractivity contribution in [3.63, 3.8) is 0 Å². The number of anilines is 1. The summed E-state index contributed by atoms with van der Waals surface area (Å²) in [6.07, 6.45) is 5.55. The number of fused-ring (bicyclic) bond motifs is 1. The smallest absolute Gasteiger partial charge is 0.275 e. The van der Waals surface area contributed by atoms with E-state index in [2.05, 4.69) is 16.9 Å². The number of hydrogen-bond acceptors (Lipinski definition) is 3. The number of hydrogen-bond donors (Lipinski definition) is 1. The zero-order chi connectivity index (χ0) is 14.8. The molecular formula is C16H16N4O. The number of imidazole rings is 1. The lowest BCUT2D eigenvalue weighted by molar-refractivity contribution is 0.102. The number of allylic oxidation sites excluding steroid dienone is 1. The highest BCUT2D eigenvalue weighted by Crippen LogP contribution is 2.17.